The minimum Gasteiger partial charge on any atom is -0.327 e. The van der Waals surface area contributed by atoms with Gasteiger partial charge in [-0.05, 0) is 55.7 Å². The quantitative estimate of drug-likeness (QED) is 0.787. The Bertz CT molecular complexity index is 904. The van der Waals surface area contributed by atoms with Gasteiger partial charge in [0.1, 0.15) is 5.82 Å². The van der Waals surface area contributed by atoms with E-state index in [9.17, 15) is 14.0 Å². The molecule has 5 nitrogen and oxygen atoms in total. The van der Waals surface area contributed by atoms with Crippen LogP contribution in [0.3, 0.4) is 0 Å². The largest absolute Gasteiger partial charge is 0.327 e. The van der Waals surface area contributed by atoms with Crippen LogP contribution in [0.4, 0.5) is 14.9 Å². The van der Waals surface area contributed by atoms with Crippen LogP contribution in [0, 0.1) is 19.7 Å². The molecule has 0 aromatic heterocycles. The van der Waals surface area contributed by atoms with Gasteiger partial charge in [-0.2, -0.15) is 0 Å². The number of carbonyl (C=O) groups excluding carboxylic acids is 2. The summed E-state index contributed by atoms with van der Waals surface area (Å²) in [4.78, 5) is 24.9. The summed E-state index contributed by atoms with van der Waals surface area (Å²) in [6.07, 6.45) is 0. The smallest absolute Gasteiger partial charge is 0.319 e. The second-order valence-corrected chi connectivity index (χ2v) is 6.32. The van der Waals surface area contributed by atoms with Crippen LogP contribution < -0.4 is 16.0 Å². The number of carbonyl (C=O) groups is 2. The van der Waals surface area contributed by atoms with Gasteiger partial charge in [0.05, 0.1) is 11.6 Å². The zero-order chi connectivity index (χ0) is 18.8. The first-order valence-corrected chi connectivity index (χ1v) is 8.28. The lowest BCUT2D eigenvalue weighted by Gasteiger charge is -2.29. The van der Waals surface area contributed by atoms with Gasteiger partial charge >= 0.3 is 6.03 Å². The molecule has 3 amide bonds. The van der Waals surface area contributed by atoms with Crippen molar-refractivity contribution in [2.75, 3.05) is 5.32 Å². The van der Waals surface area contributed by atoms with Gasteiger partial charge in [0.15, 0.2) is 0 Å². The van der Waals surface area contributed by atoms with Gasteiger partial charge in [-0.3, -0.25) is 4.79 Å². The fourth-order valence-corrected chi connectivity index (χ4v) is 2.98. The van der Waals surface area contributed by atoms with Crippen molar-refractivity contribution in [3.63, 3.8) is 0 Å². The van der Waals surface area contributed by atoms with E-state index in [1.807, 2.05) is 32.0 Å². The maximum absolute atomic E-state index is 13.2. The third-order valence-electron chi connectivity index (χ3n) is 4.57. The Morgan fingerprint density at radius 1 is 1.08 bits per heavy atom. The molecule has 0 saturated heterocycles. The second kappa shape index (κ2) is 7.00. The van der Waals surface area contributed by atoms with E-state index in [1.165, 1.54) is 12.1 Å². The highest BCUT2D eigenvalue weighted by molar-refractivity contribution is 6.07. The van der Waals surface area contributed by atoms with Crippen molar-refractivity contribution in [1.29, 1.82) is 0 Å². The number of aryl methyl sites for hydroxylation is 1. The van der Waals surface area contributed by atoms with Gasteiger partial charge in [0.25, 0.3) is 5.91 Å². The van der Waals surface area contributed by atoms with E-state index in [2.05, 4.69) is 16.0 Å². The number of benzene rings is 2. The molecular weight excluding hydrogens is 333 g/mol. The van der Waals surface area contributed by atoms with E-state index in [0.29, 0.717) is 22.5 Å². The first-order valence-electron chi connectivity index (χ1n) is 8.28. The Hall–Kier alpha value is -3.15. The molecule has 1 aliphatic rings. The van der Waals surface area contributed by atoms with Gasteiger partial charge < -0.3 is 16.0 Å². The van der Waals surface area contributed by atoms with Crippen LogP contribution in [0.5, 0.6) is 0 Å². The highest BCUT2D eigenvalue weighted by Gasteiger charge is 2.31. The zero-order valence-corrected chi connectivity index (χ0v) is 14.8. The number of urea groups is 1. The Kier molecular flexibility index (Phi) is 4.75. The maximum Gasteiger partial charge on any atom is 0.319 e. The van der Waals surface area contributed by atoms with Crippen LogP contribution in [0.2, 0.25) is 0 Å². The van der Waals surface area contributed by atoms with Crippen molar-refractivity contribution >= 4 is 17.6 Å². The molecule has 1 atom stereocenters. The third-order valence-corrected chi connectivity index (χ3v) is 4.57. The minimum absolute atomic E-state index is 0.321. The topological polar surface area (TPSA) is 70.2 Å². The van der Waals surface area contributed by atoms with Crippen molar-refractivity contribution < 1.29 is 14.0 Å². The van der Waals surface area contributed by atoms with Gasteiger partial charge in [-0.1, -0.05) is 24.3 Å². The summed E-state index contributed by atoms with van der Waals surface area (Å²) in [5.41, 5.74) is 4.24. The first kappa shape index (κ1) is 17.7. The molecule has 3 rings (SSSR count). The molecule has 3 N–H and O–H groups in total. The zero-order valence-electron chi connectivity index (χ0n) is 14.8. The molecular formula is C20H20FN3O2. The van der Waals surface area contributed by atoms with Crippen LogP contribution in [0.1, 0.15) is 29.7 Å². The molecule has 1 unspecified atom stereocenters. The van der Waals surface area contributed by atoms with E-state index < -0.39 is 12.1 Å². The van der Waals surface area contributed by atoms with Crippen LogP contribution in [-0.4, -0.2) is 11.9 Å². The van der Waals surface area contributed by atoms with Gasteiger partial charge in [-0.25, -0.2) is 9.18 Å². The third kappa shape index (κ3) is 3.44. The molecule has 0 bridgehead atoms. The number of hydrogen-bond acceptors (Lipinski definition) is 2. The predicted octanol–water partition coefficient (Wildman–Crippen LogP) is 3.71. The van der Waals surface area contributed by atoms with Crippen molar-refractivity contribution in [2.45, 2.75) is 26.8 Å². The van der Waals surface area contributed by atoms with Crippen molar-refractivity contribution in [2.24, 2.45) is 0 Å². The van der Waals surface area contributed by atoms with Crippen LogP contribution in [-0.2, 0) is 4.79 Å². The normalized spacial score (nSPS) is 16.8. The molecule has 134 valence electrons. The predicted molar refractivity (Wildman–Crippen MR) is 98.1 cm³/mol. The summed E-state index contributed by atoms with van der Waals surface area (Å²) in [6.45, 7) is 5.58. The molecule has 6 heteroatoms. The average Bonchev–Trinajstić information content (AvgIpc) is 2.59. The molecule has 1 heterocycles. The monoisotopic (exact) mass is 353 g/mol. The first-order chi connectivity index (χ1) is 12.4. The molecule has 2 aromatic carbocycles. The Labute approximate surface area is 151 Å². The number of amides is 3. The molecule has 2 aromatic rings. The number of halogens is 1. The lowest BCUT2D eigenvalue weighted by molar-refractivity contribution is -0.113. The summed E-state index contributed by atoms with van der Waals surface area (Å²) in [7, 11) is 0. The van der Waals surface area contributed by atoms with Crippen LogP contribution in [0.15, 0.2) is 53.7 Å². The van der Waals surface area contributed by atoms with Gasteiger partial charge in [0, 0.05) is 11.4 Å². The number of nitrogens with one attached hydrogen (secondary N) is 3. The second-order valence-electron chi connectivity index (χ2n) is 6.32. The van der Waals surface area contributed by atoms with E-state index >= 15 is 0 Å². The van der Waals surface area contributed by atoms with Gasteiger partial charge in [-0.15, -0.1) is 0 Å². The SMILES string of the molecule is CC1=C(C(=O)Nc2cccc(C)c2C)C(c2ccc(F)cc2)NC(=O)N1. The summed E-state index contributed by atoms with van der Waals surface area (Å²) < 4.78 is 13.2. The molecule has 0 spiro atoms. The van der Waals surface area contributed by atoms with Crippen molar-refractivity contribution in [3.8, 4) is 0 Å². The Morgan fingerprint density at radius 2 is 1.77 bits per heavy atom. The number of anilines is 1. The maximum atomic E-state index is 13.2. The van der Waals surface area contributed by atoms with Gasteiger partial charge in [0.2, 0.25) is 0 Å². The number of allylic oxidation sites excluding steroid dienone is 1. The van der Waals surface area contributed by atoms with Crippen molar-refractivity contribution in [1.82, 2.24) is 10.6 Å². The summed E-state index contributed by atoms with van der Waals surface area (Å²) in [5.74, 6) is -0.700. The highest BCUT2D eigenvalue weighted by Crippen LogP contribution is 2.28. The fourth-order valence-electron chi connectivity index (χ4n) is 2.98. The Morgan fingerprint density at radius 3 is 2.46 bits per heavy atom. The van der Waals surface area contributed by atoms with Crippen LogP contribution >= 0.6 is 0 Å². The molecule has 0 saturated carbocycles. The molecule has 0 aliphatic carbocycles. The fraction of sp³-hybridized carbons (Fsp3) is 0.200. The molecule has 1 aliphatic heterocycles. The summed E-state index contributed by atoms with van der Waals surface area (Å²) in [5, 5.41) is 8.28. The minimum atomic E-state index is -0.658. The lowest BCUT2D eigenvalue weighted by Crippen LogP contribution is -2.46. The van der Waals surface area contributed by atoms with E-state index in [-0.39, 0.29) is 11.7 Å². The highest BCUT2D eigenvalue weighted by atomic mass is 19.1. The number of hydrogen-bond donors (Lipinski definition) is 3. The van der Waals surface area contributed by atoms with E-state index in [4.69, 9.17) is 0 Å². The van der Waals surface area contributed by atoms with E-state index in [0.717, 1.165) is 11.1 Å². The molecule has 0 radical (unpaired) electrons. The molecule has 0 fully saturated rings. The standard InChI is InChI=1S/C20H20FN3O2/c1-11-5-4-6-16(12(11)2)23-19(25)17-13(3)22-20(26)24-18(17)14-7-9-15(21)10-8-14/h4-10,18H,1-3H3,(H,23,25)(H2,22,24,26). The molecule has 26 heavy (non-hydrogen) atoms. The lowest BCUT2D eigenvalue weighted by atomic mass is 9.94. The van der Waals surface area contributed by atoms with Crippen LogP contribution in [0.25, 0.3) is 0 Å². The number of rotatable bonds is 3. The Balaban J connectivity index is 1.96. The summed E-state index contributed by atoms with van der Waals surface area (Å²) >= 11 is 0. The summed E-state index contributed by atoms with van der Waals surface area (Å²) in [6, 6.07) is 10.3. The average molecular weight is 353 g/mol. The van der Waals surface area contributed by atoms with Crippen molar-refractivity contribution in [3.05, 3.63) is 76.2 Å². The van der Waals surface area contributed by atoms with E-state index in [1.54, 1.807) is 19.1 Å².